The number of benzene rings is 1. The monoisotopic (exact) mass is 283 g/mol. The van der Waals surface area contributed by atoms with Crippen LogP contribution >= 0.6 is 11.6 Å². The number of sulfonamides is 1. The van der Waals surface area contributed by atoms with Crippen molar-refractivity contribution in [2.24, 2.45) is 0 Å². The molecule has 0 saturated carbocycles. The Balaban J connectivity index is 2.85. The van der Waals surface area contributed by atoms with E-state index in [0.717, 1.165) is 5.56 Å². The van der Waals surface area contributed by atoms with E-state index in [0.29, 0.717) is 10.6 Å². The van der Waals surface area contributed by atoms with E-state index in [2.05, 4.69) is 10.6 Å². The van der Waals surface area contributed by atoms with Crippen LogP contribution in [0.4, 0.5) is 0 Å². The van der Waals surface area contributed by atoms with Crippen LogP contribution < -0.4 is 4.72 Å². The number of rotatable bonds is 4. The van der Waals surface area contributed by atoms with Gasteiger partial charge in [0.05, 0.1) is 4.90 Å². The van der Waals surface area contributed by atoms with Crippen molar-refractivity contribution < 1.29 is 8.42 Å². The largest absolute Gasteiger partial charge is 0.240 e. The predicted octanol–water partition coefficient (Wildman–Crippen LogP) is 2.42. The van der Waals surface area contributed by atoms with Crippen molar-refractivity contribution in [3.05, 3.63) is 40.4 Å². The Morgan fingerprint density at radius 3 is 2.44 bits per heavy atom. The van der Waals surface area contributed by atoms with E-state index in [9.17, 15) is 8.42 Å². The summed E-state index contributed by atoms with van der Waals surface area (Å²) in [5, 5.41) is 0.313. The van der Waals surface area contributed by atoms with Crippen LogP contribution in [0, 0.1) is 19.3 Å². The third kappa shape index (κ3) is 3.88. The van der Waals surface area contributed by atoms with Gasteiger partial charge in [0.15, 0.2) is 0 Å². The Morgan fingerprint density at radius 1 is 1.39 bits per heavy atom. The first-order valence-electron chi connectivity index (χ1n) is 5.25. The van der Waals surface area contributed by atoms with E-state index in [-0.39, 0.29) is 11.4 Å². The number of terminal acetylenes is 1. The molecule has 96 valence electrons. The zero-order valence-corrected chi connectivity index (χ0v) is 11.8. The summed E-state index contributed by atoms with van der Waals surface area (Å²) in [6, 6.07) is 6.56. The van der Waals surface area contributed by atoms with Gasteiger partial charge in [-0.15, -0.1) is 6.42 Å². The lowest BCUT2D eigenvalue weighted by Crippen LogP contribution is -2.25. The van der Waals surface area contributed by atoms with Crippen molar-refractivity contribution in [1.29, 1.82) is 0 Å². The summed E-state index contributed by atoms with van der Waals surface area (Å²) in [5.41, 5.74) is 1.51. The molecule has 0 aliphatic heterocycles. The summed E-state index contributed by atoms with van der Waals surface area (Å²) >= 11 is 5.86. The minimum atomic E-state index is -3.55. The normalized spacial score (nSPS) is 12.8. The van der Waals surface area contributed by atoms with E-state index >= 15 is 0 Å². The Morgan fingerprint density at radius 2 is 1.94 bits per heavy atom. The van der Waals surface area contributed by atoms with Crippen LogP contribution in [-0.2, 0) is 10.0 Å². The fourth-order valence-electron chi connectivity index (χ4n) is 1.17. The number of nitrogens with one attached hydrogen (secondary N) is 1. The molecule has 0 aliphatic carbocycles. The molecule has 0 atom stereocenters. The van der Waals surface area contributed by atoms with Gasteiger partial charge in [0.25, 0.3) is 0 Å². The lowest BCUT2D eigenvalue weighted by molar-refractivity contribution is 0.585. The Labute approximate surface area is 113 Å². The van der Waals surface area contributed by atoms with Crippen LogP contribution in [0.1, 0.15) is 12.5 Å². The topological polar surface area (TPSA) is 46.2 Å². The molecule has 0 spiro atoms. The quantitative estimate of drug-likeness (QED) is 0.863. The maximum Gasteiger partial charge on any atom is 0.240 e. The summed E-state index contributed by atoms with van der Waals surface area (Å²) in [6.07, 6.45) is 5.17. The van der Waals surface area contributed by atoms with Crippen LogP contribution in [0.2, 0.25) is 0 Å². The van der Waals surface area contributed by atoms with Gasteiger partial charge in [-0.3, -0.25) is 0 Å². The van der Waals surface area contributed by atoms with Crippen LogP contribution in [0.15, 0.2) is 39.8 Å². The van der Waals surface area contributed by atoms with Crippen molar-refractivity contribution in [3.63, 3.8) is 0 Å². The molecule has 1 N–H and O–H groups in total. The minimum Gasteiger partial charge on any atom is -0.207 e. The standard InChI is InChI=1S/C13H14ClNO2S/c1-4-11(3)13(14)9-15-18(16,17)12-7-5-10(2)6-8-12/h1,5-8,15H,9H2,2-3H3/b13-11-. The molecule has 0 aromatic heterocycles. The molecule has 1 aromatic rings. The maximum absolute atomic E-state index is 11.9. The maximum atomic E-state index is 11.9. The number of halogens is 1. The third-order valence-corrected chi connectivity index (χ3v) is 4.21. The second-order valence-corrected chi connectivity index (χ2v) is 6.04. The van der Waals surface area contributed by atoms with E-state index in [4.69, 9.17) is 18.0 Å². The number of aryl methyl sites for hydroxylation is 1. The zero-order valence-electron chi connectivity index (χ0n) is 10.2. The fraction of sp³-hybridized carbons (Fsp3) is 0.231. The molecule has 5 heteroatoms. The average molecular weight is 284 g/mol. The van der Waals surface area contributed by atoms with Crippen LogP contribution in [0.25, 0.3) is 0 Å². The summed E-state index contributed by atoms with van der Waals surface area (Å²) in [6.45, 7) is 3.54. The van der Waals surface area contributed by atoms with Crippen molar-refractivity contribution >= 4 is 21.6 Å². The Hall–Kier alpha value is -1.28. The molecule has 0 radical (unpaired) electrons. The summed E-state index contributed by atoms with van der Waals surface area (Å²) < 4.78 is 26.2. The molecular formula is C13H14ClNO2S. The average Bonchev–Trinajstić information content (AvgIpc) is 2.35. The summed E-state index contributed by atoms with van der Waals surface area (Å²) in [5.74, 6) is 2.36. The van der Waals surface area contributed by atoms with Crippen molar-refractivity contribution in [2.45, 2.75) is 18.7 Å². The molecule has 0 aliphatic rings. The van der Waals surface area contributed by atoms with Gasteiger partial charge in [0.2, 0.25) is 10.0 Å². The van der Waals surface area contributed by atoms with E-state index in [1.165, 1.54) is 0 Å². The van der Waals surface area contributed by atoms with Crippen molar-refractivity contribution in [1.82, 2.24) is 4.72 Å². The predicted molar refractivity (Wildman–Crippen MR) is 73.8 cm³/mol. The van der Waals surface area contributed by atoms with Crippen molar-refractivity contribution in [2.75, 3.05) is 6.54 Å². The molecule has 0 fully saturated rings. The van der Waals surface area contributed by atoms with Gasteiger partial charge < -0.3 is 0 Å². The Kier molecular flexibility index (Phi) is 4.97. The number of hydrogen-bond acceptors (Lipinski definition) is 2. The minimum absolute atomic E-state index is 0.00615. The molecule has 3 nitrogen and oxygen atoms in total. The van der Waals surface area contributed by atoms with Crippen molar-refractivity contribution in [3.8, 4) is 12.3 Å². The molecule has 18 heavy (non-hydrogen) atoms. The Bertz CT molecular complexity index is 595. The van der Waals surface area contributed by atoms with Gasteiger partial charge in [0, 0.05) is 17.2 Å². The molecular weight excluding hydrogens is 270 g/mol. The fourth-order valence-corrected chi connectivity index (χ4v) is 2.37. The molecule has 0 heterocycles. The van der Waals surface area contributed by atoms with E-state index in [1.807, 2.05) is 6.92 Å². The highest BCUT2D eigenvalue weighted by molar-refractivity contribution is 7.89. The third-order valence-electron chi connectivity index (χ3n) is 2.37. The van der Waals surface area contributed by atoms with Crippen LogP contribution in [0.3, 0.4) is 0 Å². The second-order valence-electron chi connectivity index (χ2n) is 3.81. The zero-order chi connectivity index (χ0) is 13.8. The van der Waals surface area contributed by atoms with Crippen LogP contribution in [0.5, 0.6) is 0 Å². The van der Waals surface area contributed by atoms with Gasteiger partial charge in [-0.05, 0) is 26.0 Å². The van der Waals surface area contributed by atoms with Gasteiger partial charge in [-0.1, -0.05) is 35.2 Å². The second kappa shape index (κ2) is 6.05. The SMILES string of the molecule is C#C/C(C)=C(\Cl)CNS(=O)(=O)c1ccc(C)cc1. The molecule has 1 aromatic carbocycles. The number of allylic oxidation sites excluding steroid dienone is 1. The smallest absolute Gasteiger partial charge is 0.207 e. The molecule has 0 bridgehead atoms. The van der Waals surface area contributed by atoms with Gasteiger partial charge >= 0.3 is 0 Å². The molecule has 1 rings (SSSR count). The first-order valence-corrected chi connectivity index (χ1v) is 7.11. The van der Waals surface area contributed by atoms with Crippen LogP contribution in [-0.4, -0.2) is 15.0 Å². The highest BCUT2D eigenvalue weighted by Gasteiger charge is 2.13. The summed E-state index contributed by atoms with van der Waals surface area (Å²) in [4.78, 5) is 0.205. The molecule has 0 unspecified atom stereocenters. The highest BCUT2D eigenvalue weighted by Crippen LogP contribution is 2.12. The lowest BCUT2D eigenvalue weighted by atomic mass is 10.2. The summed E-state index contributed by atoms with van der Waals surface area (Å²) in [7, 11) is -3.55. The molecule has 0 saturated heterocycles. The van der Waals surface area contributed by atoms with Gasteiger partial charge in [-0.2, -0.15) is 0 Å². The molecule has 0 amide bonds. The van der Waals surface area contributed by atoms with E-state index < -0.39 is 10.0 Å². The number of hydrogen-bond donors (Lipinski definition) is 1. The highest BCUT2D eigenvalue weighted by atomic mass is 35.5. The lowest BCUT2D eigenvalue weighted by Gasteiger charge is -2.07. The van der Waals surface area contributed by atoms with Gasteiger partial charge in [-0.25, -0.2) is 13.1 Å². The van der Waals surface area contributed by atoms with E-state index in [1.54, 1.807) is 31.2 Å². The first-order chi connectivity index (χ1) is 8.36. The first kappa shape index (κ1) is 14.8. The van der Waals surface area contributed by atoms with Gasteiger partial charge in [0.1, 0.15) is 0 Å².